The van der Waals surface area contributed by atoms with Gasteiger partial charge in [0.25, 0.3) is 0 Å². The monoisotopic (exact) mass is 302 g/mol. The molecule has 0 fully saturated rings. The quantitative estimate of drug-likeness (QED) is 0.399. The van der Waals surface area contributed by atoms with E-state index in [2.05, 4.69) is 25.3 Å². The zero-order valence-electron chi connectivity index (χ0n) is 2.63. The molecule has 0 aliphatic heterocycles. The predicted molar refractivity (Wildman–Crippen MR) is 32.3 cm³/mol. The summed E-state index contributed by atoms with van der Waals surface area (Å²) in [5.41, 5.74) is 0. The molecule has 5 heavy (non-hydrogen) atoms. The molecule has 2 radical (unpaired) electrons. The van der Waals surface area contributed by atoms with E-state index in [0.29, 0.717) is 4.58 Å². The second-order valence-corrected chi connectivity index (χ2v) is 3.74. The van der Waals surface area contributed by atoms with Crippen LogP contribution in [-0.2, 0) is 0 Å². The fourth-order valence-electron chi connectivity index (χ4n) is 0. The first-order valence-corrected chi connectivity index (χ1v) is 4.73. The first kappa shape index (κ1) is 6.58. The SMILES string of the molecule is SC(S)[CH2][Bi]. The van der Waals surface area contributed by atoms with E-state index in [1.54, 1.807) is 0 Å². The van der Waals surface area contributed by atoms with Crippen molar-refractivity contribution >= 4 is 50.0 Å². The summed E-state index contributed by atoms with van der Waals surface area (Å²) in [5.74, 6) is 0. The van der Waals surface area contributed by atoms with Crippen LogP contribution in [0.1, 0.15) is 0 Å². The van der Waals surface area contributed by atoms with Gasteiger partial charge in [-0.15, -0.1) is 0 Å². The Balaban J connectivity index is 2.54. The molecule has 0 amide bonds. The van der Waals surface area contributed by atoms with Gasteiger partial charge in [0.1, 0.15) is 0 Å². The van der Waals surface area contributed by atoms with E-state index in [0.717, 1.165) is 4.13 Å². The van der Waals surface area contributed by atoms with Crippen LogP contribution in [0, 0.1) is 0 Å². The van der Waals surface area contributed by atoms with Gasteiger partial charge in [-0.2, -0.15) is 0 Å². The average Bonchev–Trinajstić information content (AvgIpc) is 1.38. The number of hydrogen-bond donors (Lipinski definition) is 2. The summed E-state index contributed by atoms with van der Waals surface area (Å²) in [6, 6.07) is 0. The van der Waals surface area contributed by atoms with Crippen LogP contribution in [-0.4, -0.2) is 29.3 Å². The first-order valence-electron chi connectivity index (χ1n) is 1.24. The van der Waals surface area contributed by atoms with Crippen molar-refractivity contribution in [3.63, 3.8) is 0 Å². The molecule has 0 aromatic rings. The maximum absolute atomic E-state index is 3.99. The summed E-state index contributed by atoms with van der Waals surface area (Å²) in [6.07, 6.45) is 0. The summed E-state index contributed by atoms with van der Waals surface area (Å²) in [5, 5.41) is 0. The van der Waals surface area contributed by atoms with Crippen LogP contribution < -0.4 is 0 Å². The zero-order valence-corrected chi connectivity index (χ0v) is 7.89. The number of thiol groups is 2. The van der Waals surface area contributed by atoms with Crippen molar-refractivity contribution in [2.24, 2.45) is 0 Å². The van der Waals surface area contributed by atoms with Gasteiger partial charge in [-0.05, 0) is 0 Å². The second-order valence-electron chi connectivity index (χ2n) is 0.663. The van der Waals surface area contributed by atoms with Crippen molar-refractivity contribution in [3.05, 3.63) is 0 Å². The van der Waals surface area contributed by atoms with Gasteiger partial charge in [-0.25, -0.2) is 0 Å². The third-order valence-electron chi connectivity index (χ3n) is 0.163. The van der Waals surface area contributed by atoms with Crippen molar-refractivity contribution in [1.82, 2.24) is 0 Å². The molecule has 3 heteroatoms. The van der Waals surface area contributed by atoms with E-state index < -0.39 is 0 Å². The van der Waals surface area contributed by atoms with Crippen LogP contribution in [0.2, 0.25) is 4.13 Å². The Bertz CT molecular complexity index is 21.6. The molecule has 0 bridgehead atoms. The Hall–Kier alpha value is 1.58. The molecule has 0 aliphatic carbocycles. The minimum absolute atomic E-state index is 0.323. The van der Waals surface area contributed by atoms with Crippen molar-refractivity contribution in [2.75, 3.05) is 0 Å². The van der Waals surface area contributed by atoms with Gasteiger partial charge >= 0.3 is 58.7 Å². The standard InChI is InChI=1S/C2H5S2.Bi/c1-2(3)4;/h2-4H,1H2;. The number of hydrogen-bond acceptors (Lipinski definition) is 2. The summed E-state index contributed by atoms with van der Waals surface area (Å²) < 4.78 is 1.47. The summed E-state index contributed by atoms with van der Waals surface area (Å²) in [4.78, 5) is 0. The molecule has 0 nitrogen and oxygen atoms in total. The third-order valence-corrected chi connectivity index (χ3v) is 4.30. The predicted octanol–water partition coefficient (Wildman–Crippen LogP) is 0.759. The normalized spacial score (nSPS) is 9.60. The molecule has 0 aromatic heterocycles. The van der Waals surface area contributed by atoms with Crippen LogP contribution in [0.25, 0.3) is 0 Å². The minimum atomic E-state index is 0.323. The summed E-state index contributed by atoms with van der Waals surface area (Å²) >= 11 is 9.37. The van der Waals surface area contributed by atoms with E-state index in [-0.39, 0.29) is 0 Å². The summed E-state index contributed by atoms with van der Waals surface area (Å²) in [7, 11) is 0. The van der Waals surface area contributed by atoms with E-state index in [4.69, 9.17) is 0 Å². The Morgan fingerprint density at radius 3 is 1.80 bits per heavy atom. The van der Waals surface area contributed by atoms with E-state index in [1.165, 1.54) is 24.7 Å². The fourth-order valence-corrected chi connectivity index (χ4v) is 0. The van der Waals surface area contributed by atoms with Gasteiger partial charge < -0.3 is 0 Å². The van der Waals surface area contributed by atoms with Gasteiger partial charge in [-0.1, -0.05) is 0 Å². The average molecular weight is 302 g/mol. The van der Waals surface area contributed by atoms with E-state index in [1.807, 2.05) is 0 Å². The molecule has 0 unspecified atom stereocenters. The molecule has 0 heterocycles. The summed E-state index contributed by atoms with van der Waals surface area (Å²) in [6.45, 7) is 0. The maximum atomic E-state index is 3.99. The molecule has 0 saturated carbocycles. The van der Waals surface area contributed by atoms with E-state index in [9.17, 15) is 0 Å². The molecule has 30 valence electrons. The molecular weight excluding hydrogens is 297 g/mol. The molecule has 0 aliphatic rings. The van der Waals surface area contributed by atoms with Gasteiger partial charge in [0.15, 0.2) is 0 Å². The molecule has 0 saturated heterocycles. The van der Waals surface area contributed by atoms with Crippen LogP contribution in [0.15, 0.2) is 0 Å². The third kappa shape index (κ3) is 5.58. The van der Waals surface area contributed by atoms with Crippen molar-refractivity contribution in [3.8, 4) is 0 Å². The molecule has 0 N–H and O–H groups in total. The van der Waals surface area contributed by atoms with Gasteiger partial charge in [0.05, 0.1) is 0 Å². The van der Waals surface area contributed by atoms with Crippen LogP contribution in [0.5, 0.6) is 0 Å². The molecule has 0 aromatic carbocycles. The van der Waals surface area contributed by atoms with Crippen molar-refractivity contribution in [1.29, 1.82) is 0 Å². The van der Waals surface area contributed by atoms with Crippen molar-refractivity contribution < 1.29 is 0 Å². The van der Waals surface area contributed by atoms with Crippen LogP contribution >= 0.6 is 25.3 Å². The van der Waals surface area contributed by atoms with Gasteiger partial charge in [0, 0.05) is 0 Å². The molecule has 0 rings (SSSR count). The molecule has 0 spiro atoms. The Kier molecular flexibility index (Phi) is 4.95. The fraction of sp³-hybridized carbons (Fsp3) is 1.00. The Morgan fingerprint density at radius 1 is 1.60 bits per heavy atom. The Morgan fingerprint density at radius 2 is 1.80 bits per heavy atom. The number of rotatable bonds is 1. The second kappa shape index (κ2) is 3.76. The van der Waals surface area contributed by atoms with Gasteiger partial charge in [-0.3, -0.25) is 0 Å². The zero-order chi connectivity index (χ0) is 4.28. The van der Waals surface area contributed by atoms with Crippen LogP contribution in [0.4, 0.5) is 0 Å². The van der Waals surface area contributed by atoms with E-state index >= 15 is 0 Å². The molecule has 0 atom stereocenters. The van der Waals surface area contributed by atoms with Crippen molar-refractivity contribution in [2.45, 2.75) is 8.71 Å². The Labute approximate surface area is 58.4 Å². The van der Waals surface area contributed by atoms with Crippen LogP contribution in [0.3, 0.4) is 0 Å². The molecular formula is C2H5BiS2. The topological polar surface area (TPSA) is 0 Å². The first-order chi connectivity index (χ1) is 2.27. The van der Waals surface area contributed by atoms with Gasteiger partial charge in [0.2, 0.25) is 0 Å².